The first-order chi connectivity index (χ1) is 16.9. The number of amides is 1. The zero-order chi connectivity index (χ0) is 24.7. The van der Waals surface area contributed by atoms with Gasteiger partial charge in [0.15, 0.2) is 0 Å². The van der Waals surface area contributed by atoms with E-state index in [1.54, 1.807) is 25.4 Å². The molecular weight excluding hydrogens is 508 g/mol. The Morgan fingerprint density at radius 3 is 2.60 bits per heavy atom. The van der Waals surface area contributed by atoms with Gasteiger partial charge in [-0.2, -0.15) is 0 Å². The number of carbonyl (C=O) groups excluding carboxylic acids is 2. The summed E-state index contributed by atoms with van der Waals surface area (Å²) in [4.78, 5) is 31.5. The SMILES string of the molecule is COc1ccccc1CN1C(=O)C(=O)/C(=C(/O)c2ccc(Br)c(C)c2)C1c1c[nH]c2ccccc12. The van der Waals surface area contributed by atoms with Crippen molar-refractivity contribution in [2.45, 2.75) is 19.5 Å². The van der Waals surface area contributed by atoms with E-state index in [2.05, 4.69) is 20.9 Å². The maximum Gasteiger partial charge on any atom is 0.295 e. The molecule has 1 fully saturated rings. The molecule has 0 bridgehead atoms. The standard InChI is InChI=1S/C28H23BrN2O4/c1-16-13-17(11-12-21(16)29)26(32)24-25(20-14-30-22-9-5-4-8-19(20)22)31(28(34)27(24)33)15-18-7-3-6-10-23(18)35-2/h3-14,25,30,32H,15H2,1-2H3/b26-24+. The monoisotopic (exact) mass is 530 g/mol. The number of rotatable bonds is 5. The summed E-state index contributed by atoms with van der Waals surface area (Å²) in [6.07, 6.45) is 1.80. The highest BCUT2D eigenvalue weighted by Gasteiger charge is 2.47. The lowest BCUT2D eigenvalue weighted by atomic mass is 9.94. The number of H-pyrrole nitrogens is 1. The van der Waals surface area contributed by atoms with Crippen molar-refractivity contribution in [3.63, 3.8) is 0 Å². The van der Waals surface area contributed by atoms with Crippen LogP contribution in [0.25, 0.3) is 16.7 Å². The number of fused-ring (bicyclic) bond motifs is 1. The molecule has 35 heavy (non-hydrogen) atoms. The van der Waals surface area contributed by atoms with Gasteiger partial charge in [-0.25, -0.2) is 0 Å². The number of benzene rings is 3. The van der Waals surface area contributed by atoms with E-state index in [1.165, 1.54) is 4.90 Å². The van der Waals surface area contributed by atoms with Crippen molar-refractivity contribution in [3.05, 3.63) is 105 Å². The fraction of sp³-hybridized carbons (Fsp3) is 0.143. The summed E-state index contributed by atoms with van der Waals surface area (Å²) in [5, 5.41) is 12.3. The molecule has 1 unspecified atom stereocenters. The lowest BCUT2D eigenvalue weighted by Crippen LogP contribution is -2.29. The number of aromatic amines is 1. The van der Waals surface area contributed by atoms with E-state index in [0.717, 1.165) is 32.1 Å². The number of methoxy groups -OCH3 is 1. The Morgan fingerprint density at radius 1 is 1.09 bits per heavy atom. The van der Waals surface area contributed by atoms with E-state index >= 15 is 0 Å². The summed E-state index contributed by atoms with van der Waals surface area (Å²) in [6, 6.07) is 19.6. The van der Waals surface area contributed by atoms with Gasteiger partial charge < -0.3 is 19.7 Å². The third kappa shape index (κ3) is 3.91. The first-order valence-corrected chi connectivity index (χ1v) is 11.9. The van der Waals surface area contributed by atoms with Gasteiger partial charge in [0.1, 0.15) is 11.5 Å². The second kappa shape index (κ2) is 9.07. The number of carbonyl (C=O) groups is 2. The van der Waals surface area contributed by atoms with Crippen molar-refractivity contribution in [1.82, 2.24) is 9.88 Å². The van der Waals surface area contributed by atoms with Gasteiger partial charge >= 0.3 is 0 Å². The van der Waals surface area contributed by atoms with Gasteiger partial charge in [-0.15, -0.1) is 0 Å². The molecule has 0 radical (unpaired) electrons. The molecule has 6 nitrogen and oxygen atoms in total. The lowest BCUT2D eigenvalue weighted by molar-refractivity contribution is -0.140. The summed E-state index contributed by atoms with van der Waals surface area (Å²) in [7, 11) is 1.57. The summed E-state index contributed by atoms with van der Waals surface area (Å²) >= 11 is 3.47. The average Bonchev–Trinajstić information content (AvgIpc) is 3.40. The number of ketones is 1. The topological polar surface area (TPSA) is 82.6 Å². The van der Waals surface area contributed by atoms with Crippen LogP contribution in [0.5, 0.6) is 5.75 Å². The summed E-state index contributed by atoms with van der Waals surface area (Å²) in [6.45, 7) is 2.05. The molecule has 1 aliphatic rings. The van der Waals surface area contributed by atoms with Gasteiger partial charge in [-0.1, -0.05) is 58.4 Å². The van der Waals surface area contributed by atoms with Crippen LogP contribution in [-0.2, 0) is 16.1 Å². The van der Waals surface area contributed by atoms with Crippen molar-refractivity contribution in [3.8, 4) is 5.75 Å². The minimum Gasteiger partial charge on any atom is -0.507 e. The molecule has 3 aromatic carbocycles. The minimum atomic E-state index is -0.778. The Hall–Kier alpha value is -3.84. The predicted molar refractivity (Wildman–Crippen MR) is 138 cm³/mol. The smallest absolute Gasteiger partial charge is 0.295 e. The summed E-state index contributed by atoms with van der Waals surface area (Å²) in [5.41, 5.74) is 3.83. The second-order valence-electron chi connectivity index (χ2n) is 8.49. The van der Waals surface area contributed by atoms with Crippen molar-refractivity contribution in [1.29, 1.82) is 0 Å². The van der Waals surface area contributed by atoms with Crippen molar-refractivity contribution in [2.24, 2.45) is 0 Å². The maximum absolute atomic E-state index is 13.4. The molecule has 2 N–H and O–H groups in total. The van der Waals surface area contributed by atoms with Crippen LogP contribution in [-0.4, -0.2) is 33.8 Å². The van der Waals surface area contributed by atoms with Crippen molar-refractivity contribution in [2.75, 3.05) is 7.11 Å². The molecule has 0 aliphatic carbocycles. The Balaban J connectivity index is 1.72. The van der Waals surface area contributed by atoms with Crippen LogP contribution in [0.1, 0.15) is 28.3 Å². The number of aliphatic hydroxyl groups is 1. The second-order valence-corrected chi connectivity index (χ2v) is 9.35. The number of ether oxygens (including phenoxy) is 1. The van der Waals surface area contributed by atoms with Gasteiger partial charge in [0.25, 0.3) is 11.7 Å². The third-order valence-corrected chi connectivity index (χ3v) is 7.31. The molecule has 176 valence electrons. The Labute approximate surface area is 211 Å². The number of likely N-dealkylation sites (tertiary alicyclic amines) is 1. The van der Waals surface area contributed by atoms with Crippen LogP contribution in [0.15, 0.2) is 83.0 Å². The predicted octanol–water partition coefficient (Wildman–Crippen LogP) is 5.87. The minimum absolute atomic E-state index is 0.0661. The highest BCUT2D eigenvalue weighted by Crippen LogP contribution is 2.43. The number of nitrogens with one attached hydrogen (secondary N) is 1. The van der Waals surface area contributed by atoms with E-state index in [-0.39, 0.29) is 17.9 Å². The number of aliphatic hydroxyl groups excluding tert-OH is 1. The first-order valence-electron chi connectivity index (χ1n) is 11.1. The van der Waals surface area contributed by atoms with Crippen LogP contribution >= 0.6 is 15.9 Å². The first kappa shape index (κ1) is 22.9. The largest absolute Gasteiger partial charge is 0.507 e. The Morgan fingerprint density at radius 2 is 1.83 bits per heavy atom. The summed E-state index contributed by atoms with van der Waals surface area (Å²) in [5.74, 6) is -0.956. The van der Waals surface area contributed by atoms with E-state index in [0.29, 0.717) is 11.3 Å². The van der Waals surface area contributed by atoms with E-state index in [9.17, 15) is 14.7 Å². The molecule has 1 amide bonds. The van der Waals surface area contributed by atoms with E-state index < -0.39 is 17.7 Å². The highest BCUT2D eigenvalue weighted by atomic mass is 79.9. The van der Waals surface area contributed by atoms with Gasteiger partial charge in [-0.3, -0.25) is 9.59 Å². The molecule has 5 rings (SSSR count). The zero-order valence-electron chi connectivity index (χ0n) is 19.2. The van der Waals surface area contributed by atoms with Crippen LogP contribution in [0.2, 0.25) is 0 Å². The number of para-hydroxylation sites is 2. The van der Waals surface area contributed by atoms with Gasteiger partial charge in [0.05, 0.1) is 25.3 Å². The normalized spacial score (nSPS) is 17.3. The maximum atomic E-state index is 13.4. The number of halogens is 1. The zero-order valence-corrected chi connectivity index (χ0v) is 20.8. The molecule has 1 aromatic heterocycles. The number of hydrogen-bond donors (Lipinski definition) is 2. The molecule has 0 saturated carbocycles. The quantitative estimate of drug-likeness (QED) is 0.192. The van der Waals surface area contributed by atoms with Crippen LogP contribution in [0.4, 0.5) is 0 Å². The molecule has 0 spiro atoms. The van der Waals surface area contributed by atoms with Gasteiger partial charge in [0.2, 0.25) is 0 Å². The van der Waals surface area contributed by atoms with Crippen LogP contribution in [0.3, 0.4) is 0 Å². The Bertz CT molecular complexity index is 1500. The van der Waals surface area contributed by atoms with Crippen LogP contribution in [0, 0.1) is 6.92 Å². The fourth-order valence-corrected chi connectivity index (χ4v) is 4.90. The van der Waals surface area contributed by atoms with E-state index in [1.807, 2.05) is 61.5 Å². The summed E-state index contributed by atoms with van der Waals surface area (Å²) < 4.78 is 6.37. The molecular formula is C28H23BrN2O4. The number of nitrogens with zero attached hydrogens (tertiary/aromatic N) is 1. The molecule has 7 heteroatoms. The number of Topliss-reactive ketones (excluding diaryl/α,β-unsaturated/α-hetero) is 1. The van der Waals surface area contributed by atoms with E-state index in [4.69, 9.17) is 4.74 Å². The molecule has 4 aromatic rings. The third-order valence-electron chi connectivity index (χ3n) is 6.42. The van der Waals surface area contributed by atoms with Crippen molar-refractivity contribution < 1.29 is 19.4 Å². The average molecular weight is 531 g/mol. The molecule has 1 atom stereocenters. The molecule has 2 heterocycles. The van der Waals surface area contributed by atoms with Gasteiger partial charge in [-0.05, 0) is 36.8 Å². The number of hydrogen-bond acceptors (Lipinski definition) is 4. The molecule has 1 saturated heterocycles. The molecule has 1 aliphatic heterocycles. The highest BCUT2D eigenvalue weighted by molar-refractivity contribution is 9.10. The lowest BCUT2D eigenvalue weighted by Gasteiger charge is -2.25. The number of aryl methyl sites for hydroxylation is 1. The Kier molecular flexibility index (Phi) is 5.94. The van der Waals surface area contributed by atoms with Crippen LogP contribution < -0.4 is 4.74 Å². The number of aromatic nitrogens is 1. The van der Waals surface area contributed by atoms with Gasteiger partial charge in [0, 0.05) is 38.3 Å². The van der Waals surface area contributed by atoms with Crippen molar-refractivity contribution >= 4 is 44.3 Å². The fourth-order valence-electron chi connectivity index (χ4n) is 4.65.